The lowest BCUT2D eigenvalue weighted by molar-refractivity contribution is 0.102. The first-order valence-electron chi connectivity index (χ1n) is 7.26. The average Bonchev–Trinajstić information content (AvgIpc) is 2.62. The highest BCUT2D eigenvalue weighted by atomic mass is 19.1. The maximum Gasteiger partial charge on any atom is 0.275 e. The highest BCUT2D eigenvalue weighted by Gasteiger charge is 2.10. The number of nitrogens with one attached hydrogen (secondary N) is 1. The van der Waals surface area contributed by atoms with Crippen molar-refractivity contribution in [1.82, 2.24) is 9.97 Å². The summed E-state index contributed by atoms with van der Waals surface area (Å²) >= 11 is 0. The van der Waals surface area contributed by atoms with E-state index in [-0.39, 0.29) is 18.1 Å². The Hall–Kier alpha value is -3.28. The van der Waals surface area contributed by atoms with Gasteiger partial charge in [0.15, 0.2) is 11.6 Å². The average molecular weight is 323 g/mol. The van der Waals surface area contributed by atoms with Crippen LogP contribution in [-0.2, 0) is 6.61 Å². The molecule has 3 aromatic rings. The summed E-state index contributed by atoms with van der Waals surface area (Å²) in [7, 11) is 0. The van der Waals surface area contributed by atoms with Gasteiger partial charge in [0, 0.05) is 24.1 Å². The zero-order valence-electron chi connectivity index (χ0n) is 12.6. The quantitative estimate of drug-likeness (QED) is 0.781. The van der Waals surface area contributed by atoms with Crippen LogP contribution < -0.4 is 10.1 Å². The third-order valence-electron chi connectivity index (χ3n) is 3.22. The van der Waals surface area contributed by atoms with Gasteiger partial charge in [-0.3, -0.25) is 9.78 Å². The molecule has 24 heavy (non-hydrogen) atoms. The molecule has 0 unspecified atom stereocenters. The largest absolute Gasteiger partial charge is 0.486 e. The molecular weight excluding hydrogens is 309 g/mol. The number of rotatable bonds is 5. The Morgan fingerprint density at radius 2 is 1.96 bits per heavy atom. The Balaban J connectivity index is 1.65. The van der Waals surface area contributed by atoms with Gasteiger partial charge in [-0.05, 0) is 17.7 Å². The Labute approximate surface area is 138 Å². The molecule has 0 bridgehead atoms. The third-order valence-corrected chi connectivity index (χ3v) is 3.22. The molecule has 1 heterocycles. The van der Waals surface area contributed by atoms with Crippen LogP contribution >= 0.6 is 0 Å². The number of hydrogen-bond acceptors (Lipinski definition) is 4. The summed E-state index contributed by atoms with van der Waals surface area (Å²) in [6.07, 6.45) is 4.22. The molecule has 0 atom stereocenters. The molecule has 3 rings (SSSR count). The predicted molar refractivity (Wildman–Crippen MR) is 87.2 cm³/mol. The summed E-state index contributed by atoms with van der Waals surface area (Å²) in [5, 5.41) is 2.56. The summed E-state index contributed by atoms with van der Waals surface area (Å²) in [6.45, 7) is 0.267. The van der Waals surface area contributed by atoms with Crippen LogP contribution in [0.25, 0.3) is 0 Å². The normalized spacial score (nSPS) is 10.2. The van der Waals surface area contributed by atoms with E-state index in [1.54, 1.807) is 6.07 Å². The number of hydrogen-bond donors (Lipinski definition) is 1. The molecule has 1 amide bonds. The van der Waals surface area contributed by atoms with E-state index >= 15 is 0 Å². The Morgan fingerprint density at radius 1 is 1.12 bits per heavy atom. The van der Waals surface area contributed by atoms with E-state index in [1.165, 1.54) is 30.7 Å². The second-order valence-electron chi connectivity index (χ2n) is 4.96. The van der Waals surface area contributed by atoms with Gasteiger partial charge in [-0.25, -0.2) is 9.37 Å². The number of amides is 1. The number of carbonyl (C=O) groups is 1. The zero-order chi connectivity index (χ0) is 16.8. The van der Waals surface area contributed by atoms with Gasteiger partial charge in [0.2, 0.25) is 0 Å². The van der Waals surface area contributed by atoms with Crippen LogP contribution in [0.2, 0.25) is 0 Å². The fraction of sp³-hybridized carbons (Fsp3) is 0.0556. The van der Waals surface area contributed by atoms with Crippen molar-refractivity contribution in [2.24, 2.45) is 0 Å². The SMILES string of the molecule is O=C(Nc1ccc(OCc2ccccc2)c(F)c1)c1cnccn1. The smallest absolute Gasteiger partial charge is 0.275 e. The Bertz CT molecular complexity index is 826. The third kappa shape index (κ3) is 3.92. The molecule has 0 spiro atoms. The molecule has 0 saturated carbocycles. The first-order chi connectivity index (χ1) is 11.7. The molecule has 0 radical (unpaired) electrons. The molecule has 0 fully saturated rings. The second-order valence-corrected chi connectivity index (χ2v) is 4.96. The summed E-state index contributed by atoms with van der Waals surface area (Å²) in [4.78, 5) is 19.7. The highest BCUT2D eigenvalue weighted by molar-refractivity contribution is 6.02. The molecule has 0 aliphatic rings. The van der Waals surface area contributed by atoms with E-state index in [0.29, 0.717) is 5.69 Å². The van der Waals surface area contributed by atoms with Crippen LogP contribution in [0, 0.1) is 5.82 Å². The molecule has 0 aliphatic carbocycles. The Morgan fingerprint density at radius 3 is 2.67 bits per heavy atom. The summed E-state index contributed by atoms with van der Waals surface area (Å²) < 4.78 is 19.6. The van der Waals surface area contributed by atoms with Crippen LogP contribution in [-0.4, -0.2) is 15.9 Å². The topological polar surface area (TPSA) is 64.1 Å². The lowest BCUT2D eigenvalue weighted by Gasteiger charge is -2.09. The maximum absolute atomic E-state index is 14.1. The number of benzene rings is 2. The van der Waals surface area contributed by atoms with E-state index in [4.69, 9.17) is 4.74 Å². The second kappa shape index (κ2) is 7.32. The number of anilines is 1. The van der Waals surface area contributed by atoms with Crippen molar-refractivity contribution >= 4 is 11.6 Å². The monoisotopic (exact) mass is 323 g/mol. The minimum absolute atomic E-state index is 0.122. The van der Waals surface area contributed by atoms with Gasteiger partial charge in [0.25, 0.3) is 5.91 Å². The number of nitrogens with zero attached hydrogens (tertiary/aromatic N) is 2. The van der Waals surface area contributed by atoms with Gasteiger partial charge in [-0.15, -0.1) is 0 Å². The lowest BCUT2D eigenvalue weighted by Crippen LogP contribution is -2.14. The maximum atomic E-state index is 14.1. The molecule has 120 valence electrons. The molecule has 1 aromatic heterocycles. The van der Waals surface area contributed by atoms with Gasteiger partial charge in [-0.2, -0.15) is 0 Å². The van der Waals surface area contributed by atoms with Crippen molar-refractivity contribution < 1.29 is 13.9 Å². The fourth-order valence-corrected chi connectivity index (χ4v) is 2.04. The van der Waals surface area contributed by atoms with E-state index in [1.807, 2.05) is 30.3 Å². The van der Waals surface area contributed by atoms with Crippen LogP contribution in [0.1, 0.15) is 16.1 Å². The van der Waals surface area contributed by atoms with Crippen molar-refractivity contribution in [3.63, 3.8) is 0 Å². The van der Waals surface area contributed by atoms with Crippen molar-refractivity contribution in [1.29, 1.82) is 0 Å². The number of halogens is 1. The van der Waals surface area contributed by atoms with Crippen molar-refractivity contribution in [3.05, 3.63) is 84.2 Å². The number of aromatic nitrogens is 2. The fourth-order valence-electron chi connectivity index (χ4n) is 2.04. The first kappa shape index (κ1) is 15.6. The summed E-state index contributed by atoms with van der Waals surface area (Å²) in [5.41, 5.74) is 1.41. The predicted octanol–water partition coefficient (Wildman–Crippen LogP) is 3.45. The number of carbonyl (C=O) groups excluding carboxylic acids is 1. The molecule has 0 saturated heterocycles. The van der Waals surface area contributed by atoms with Gasteiger partial charge < -0.3 is 10.1 Å². The van der Waals surface area contributed by atoms with E-state index in [9.17, 15) is 9.18 Å². The first-order valence-corrected chi connectivity index (χ1v) is 7.26. The van der Waals surface area contributed by atoms with Crippen LogP contribution in [0.3, 0.4) is 0 Å². The minimum Gasteiger partial charge on any atom is -0.486 e. The number of ether oxygens (including phenoxy) is 1. The van der Waals surface area contributed by atoms with Crippen molar-refractivity contribution in [2.45, 2.75) is 6.61 Å². The van der Waals surface area contributed by atoms with Crippen molar-refractivity contribution in [2.75, 3.05) is 5.32 Å². The Kier molecular flexibility index (Phi) is 4.76. The molecular formula is C18H14FN3O2. The molecule has 0 aliphatic heterocycles. The summed E-state index contributed by atoms with van der Waals surface area (Å²) in [5.74, 6) is -0.889. The summed E-state index contributed by atoms with van der Waals surface area (Å²) in [6, 6.07) is 13.7. The van der Waals surface area contributed by atoms with Crippen molar-refractivity contribution in [3.8, 4) is 5.75 Å². The van der Waals surface area contributed by atoms with Crippen LogP contribution in [0.15, 0.2) is 67.1 Å². The van der Waals surface area contributed by atoms with Gasteiger partial charge in [-0.1, -0.05) is 30.3 Å². The molecule has 6 heteroatoms. The van der Waals surface area contributed by atoms with Gasteiger partial charge in [0.1, 0.15) is 12.3 Å². The molecule has 5 nitrogen and oxygen atoms in total. The highest BCUT2D eigenvalue weighted by Crippen LogP contribution is 2.22. The van der Waals surface area contributed by atoms with Gasteiger partial charge in [0.05, 0.1) is 6.20 Å². The van der Waals surface area contributed by atoms with E-state index in [0.717, 1.165) is 5.56 Å². The van der Waals surface area contributed by atoms with Gasteiger partial charge >= 0.3 is 0 Å². The standard InChI is InChI=1S/C18H14FN3O2/c19-15-10-14(22-18(23)16-11-20-8-9-21-16)6-7-17(15)24-12-13-4-2-1-3-5-13/h1-11H,12H2,(H,22,23). The molecule has 2 aromatic carbocycles. The van der Waals surface area contributed by atoms with Crippen LogP contribution in [0.5, 0.6) is 5.75 Å². The van der Waals surface area contributed by atoms with E-state index in [2.05, 4.69) is 15.3 Å². The van der Waals surface area contributed by atoms with Crippen LogP contribution in [0.4, 0.5) is 10.1 Å². The zero-order valence-corrected chi connectivity index (χ0v) is 12.6. The minimum atomic E-state index is -0.553. The molecule has 1 N–H and O–H groups in total. The lowest BCUT2D eigenvalue weighted by atomic mass is 10.2. The van der Waals surface area contributed by atoms with E-state index < -0.39 is 11.7 Å².